The zero-order valence-corrected chi connectivity index (χ0v) is 14.3. The number of carbonyl (C=O) groups is 1. The van der Waals surface area contributed by atoms with Gasteiger partial charge in [-0.1, -0.05) is 69.0 Å². The first-order valence-corrected chi connectivity index (χ1v) is 7.63. The summed E-state index contributed by atoms with van der Waals surface area (Å²) < 4.78 is 10.5. The van der Waals surface area contributed by atoms with Gasteiger partial charge in [0, 0.05) is 0 Å². The van der Waals surface area contributed by atoms with Crippen LogP contribution in [0.25, 0.3) is 0 Å². The maximum absolute atomic E-state index is 10.3. The Hall–Kier alpha value is -1.55. The van der Waals surface area contributed by atoms with Crippen molar-refractivity contribution in [3.63, 3.8) is 0 Å². The first-order chi connectivity index (χ1) is 10.1. The van der Waals surface area contributed by atoms with Crippen molar-refractivity contribution in [2.24, 2.45) is 5.41 Å². The van der Waals surface area contributed by atoms with Crippen molar-refractivity contribution in [3.8, 4) is 5.75 Å². The van der Waals surface area contributed by atoms with E-state index in [0.29, 0.717) is 6.61 Å². The molecule has 0 radical (unpaired) electrons. The highest BCUT2D eigenvalue weighted by molar-refractivity contribution is 5.67. The highest BCUT2D eigenvalue weighted by Gasteiger charge is 2.27. The molecule has 0 saturated heterocycles. The van der Waals surface area contributed by atoms with E-state index >= 15 is 0 Å². The maximum Gasteiger partial charge on any atom is 0.329 e. The minimum Gasteiger partial charge on any atom is -0.491 e. The molecule has 148 valence electrons. The Morgan fingerprint density at radius 2 is 1.48 bits per heavy atom. The summed E-state index contributed by atoms with van der Waals surface area (Å²) in [6.07, 6.45) is 1.10. The van der Waals surface area contributed by atoms with Crippen LogP contribution in [-0.2, 0) is 14.9 Å². The monoisotopic (exact) mass is 356 g/mol. The first-order valence-electron chi connectivity index (χ1n) is 7.63. The quantitative estimate of drug-likeness (QED) is 0.599. The van der Waals surface area contributed by atoms with E-state index in [0.717, 1.165) is 12.2 Å². The Labute approximate surface area is 155 Å². The number of ether oxygens (including phenoxy) is 2. The largest absolute Gasteiger partial charge is 0.491 e. The van der Waals surface area contributed by atoms with Crippen LogP contribution < -0.4 is 4.74 Å². The summed E-state index contributed by atoms with van der Waals surface area (Å²) in [5.41, 5.74) is 1.68. The van der Waals surface area contributed by atoms with Crippen molar-refractivity contribution in [3.05, 3.63) is 29.8 Å². The summed E-state index contributed by atoms with van der Waals surface area (Å²) in [6, 6.07) is 8.10. The number of aliphatic carboxylic acids is 1. The summed E-state index contributed by atoms with van der Waals surface area (Å²) in [4.78, 5) is 10.3. The van der Waals surface area contributed by atoms with E-state index in [1.165, 1.54) is 5.56 Å². The first kappa shape index (κ1) is 28.3. The molecule has 0 spiro atoms. The van der Waals surface area contributed by atoms with Crippen molar-refractivity contribution >= 4 is 5.97 Å². The Bertz CT molecular complexity index is 470. The predicted molar refractivity (Wildman–Crippen MR) is 108 cm³/mol. The Morgan fingerprint density at radius 1 is 0.960 bits per heavy atom. The van der Waals surface area contributed by atoms with Gasteiger partial charge in [0.05, 0.1) is 6.61 Å². The van der Waals surface area contributed by atoms with Gasteiger partial charge < -0.3 is 14.6 Å². The third kappa shape index (κ3) is 11.6. The van der Waals surface area contributed by atoms with Crippen LogP contribution in [0.5, 0.6) is 5.75 Å². The van der Waals surface area contributed by atoms with Crippen LogP contribution in [0.15, 0.2) is 24.3 Å². The van der Waals surface area contributed by atoms with Crippen molar-refractivity contribution in [1.82, 2.24) is 0 Å². The molecule has 0 unspecified atom stereocenters. The Balaban J connectivity index is -0.00000161. The molecule has 1 N–H and O–H groups in total. The highest BCUT2D eigenvalue weighted by Crippen LogP contribution is 2.36. The van der Waals surface area contributed by atoms with Gasteiger partial charge in [-0.25, -0.2) is 4.79 Å². The van der Waals surface area contributed by atoms with Crippen LogP contribution in [-0.4, -0.2) is 30.9 Å². The zero-order valence-electron chi connectivity index (χ0n) is 14.3. The van der Waals surface area contributed by atoms with Crippen LogP contribution in [0.1, 0.15) is 68.9 Å². The molecule has 0 aliphatic carbocycles. The Kier molecular flexibility index (Phi) is 13.5. The highest BCUT2D eigenvalue weighted by atomic mass is 16.5. The number of benzene rings is 1. The van der Waals surface area contributed by atoms with Gasteiger partial charge in [-0.05, 0) is 34.9 Å². The fraction of sp³-hybridized carbons (Fsp3) is 0.667. The van der Waals surface area contributed by atoms with E-state index in [1.807, 2.05) is 12.1 Å². The van der Waals surface area contributed by atoms with Gasteiger partial charge in [0.1, 0.15) is 19.0 Å². The van der Waals surface area contributed by atoms with Gasteiger partial charge >= 0.3 is 5.97 Å². The number of carboxylic acids is 1. The lowest BCUT2D eigenvalue weighted by molar-refractivity contribution is -0.142. The fourth-order valence-electron chi connectivity index (χ4n) is 2.81. The number of carboxylic acid groups (broad SMARTS) is 1. The van der Waals surface area contributed by atoms with Crippen molar-refractivity contribution in [2.45, 2.75) is 68.7 Å². The minimum atomic E-state index is -0.967. The SMILES string of the molecule is C.C.C.CC(C)(C)CC(C)(C)c1ccc(OCCOCC(=O)O)cc1. The molecule has 0 atom stereocenters. The van der Waals surface area contributed by atoms with Crippen LogP contribution in [0, 0.1) is 5.41 Å². The Morgan fingerprint density at radius 3 is 1.92 bits per heavy atom. The van der Waals surface area contributed by atoms with Gasteiger partial charge in [0.2, 0.25) is 0 Å². The van der Waals surface area contributed by atoms with Gasteiger partial charge in [-0.15, -0.1) is 0 Å². The molecule has 0 aromatic heterocycles. The lowest BCUT2D eigenvalue weighted by atomic mass is 9.72. The summed E-state index contributed by atoms with van der Waals surface area (Å²) in [5, 5.41) is 8.45. The van der Waals surface area contributed by atoms with E-state index < -0.39 is 5.97 Å². The maximum atomic E-state index is 10.3. The second kappa shape index (κ2) is 11.9. The molecule has 0 heterocycles. The average Bonchev–Trinajstić information content (AvgIpc) is 2.35. The average molecular weight is 357 g/mol. The summed E-state index contributed by atoms with van der Waals surface area (Å²) >= 11 is 0. The zero-order chi connectivity index (χ0) is 16.8. The topological polar surface area (TPSA) is 55.8 Å². The van der Waals surface area contributed by atoms with Crippen LogP contribution in [0.3, 0.4) is 0 Å². The van der Waals surface area contributed by atoms with Crippen LogP contribution in [0.4, 0.5) is 0 Å². The normalized spacial score (nSPS) is 10.8. The third-order valence-corrected chi connectivity index (χ3v) is 3.33. The van der Waals surface area contributed by atoms with Crippen LogP contribution >= 0.6 is 0 Å². The van der Waals surface area contributed by atoms with Gasteiger partial charge in [-0.2, -0.15) is 0 Å². The van der Waals surface area contributed by atoms with Crippen molar-refractivity contribution < 1.29 is 19.4 Å². The molecule has 0 aliphatic rings. The molecule has 1 aromatic carbocycles. The van der Waals surface area contributed by atoms with Crippen molar-refractivity contribution in [2.75, 3.05) is 19.8 Å². The third-order valence-electron chi connectivity index (χ3n) is 3.33. The molecule has 0 aliphatic heterocycles. The molecule has 1 rings (SSSR count). The molecule has 0 fully saturated rings. The molecular formula is C21H40O4. The number of hydrogen-bond acceptors (Lipinski definition) is 3. The molecule has 25 heavy (non-hydrogen) atoms. The second-order valence-electron chi connectivity index (χ2n) is 7.44. The fourth-order valence-corrected chi connectivity index (χ4v) is 2.81. The molecule has 0 bridgehead atoms. The van der Waals surface area contributed by atoms with Gasteiger partial charge in [0.15, 0.2) is 0 Å². The molecule has 4 heteroatoms. The smallest absolute Gasteiger partial charge is 0.329 e. The van der Waals surface area contributed by atoms with E-state index in [1.54, 1.807) is 0 Å². The molecular weight excluding hydrogens is 316 g/mol. The number of rotatable bonds is 8. The van der Waals surface area contributed by atoms with E-state index in [2.05, 4.69) is 46.8 Å². The molecule has 4 nitrogen and oxygen atoms in total. The van der Waals surface area contributed by atoms with Crippen LogP contribution in [0.2, 0.25) is 0 Å². The molecule has 0 saturated carbocycles. The minimum absolute atomic E-state index is 0. The molecule has 1 aromatic rings. The standard InChI is InChI=1S/C18H28O4.3CH4/c1-17(2,3)13-18(4,5)14-6-8-15(9-7-14)22-11-10-21-12-16(19)20;;;/h6-9H,10-13H2,1-5H3,(H,19,20);3*1H4. The van der Waals surface area contributed by atoms with Crippen molar-refractivity contribution in [1.29, 1.82) is 0 Å². The number of hydrogen-bond donors (Lipinski definition) is 1. The van der Waals surface area contributed by atoms with Gasteiger partial charge in [0.25, 0.3) is 0 Å². The summed E-state index contributed by atoms with van der Waals surface area (Å²) in [5.74, 6) is -0.195. The van der Waals surface area contributed by atoms with Gasteiger partial charge in [-0.3, -0.25) is 0 Å². The lowest BCUT2D eigenvalue weighted by Gasteiger charge is -2.33. The summed E-state index contributed by atoms with van der Waals surface area (Å²) in [7, 11) is 0. The van der Waals surface area contributed by atoms with E-state index in [-0.39, 0.29) is 46.3 Å². The summed E-state index contributed by atoms with van der Waals surface area (Å²) in [6.45, 7) is 11.6. The lowest BCUT2D eigenvalue weighted by Crippen LogP contribution is -2.24. The van der Waals surface area contributed by atoms with E-state index in [4.69, 9.17) is 14.6 Å². The predicted octanol–water partition coefficient (Wildman–Crippen LogP) is 5.79. The molecule has 0 amide bonds. The second-order valence-corrected chi connectivity index (χ2v) is 7.44. The van der Waals surface area contributed by atoms with E-state index in [9.17, 15) is 4.79 Å².